The second-order valence-corrected chi connectivity index (χ2v) is 13.4. The van der Waals surface area contributed by atoms with Gasteiger partial charge < -0.3 is 44.6 Å². The van der Waals surface area contributed by atoms with Crippen molar-refractivity contribution in [2.45, 2.75) is 149 Å². The number of alkyl halides is 1. The standard InChI is InChI=1S/C22H40FNO7.C8H16O3.C4H6/c1-8-16-22(7,29)19(26)14(4)17(24-30-11-23)12(2)9-21(6,28)10-13(3)18(25)15(5)20(27)31-16;1-6-7(9)8(2,10-3)4-5-11-6;1-3-4-2/h12-16,18-19,25-26,28-29H,8-11H2,1-7H3;6-7,9H,4-5H2,1-3H3;1-2H3/b24-17+;;/t12-,13-,14?,15?,16-,18+,19?,21-,22-;6?,7-,8+;/m10./s1. The van der Waals surface area contributed by atoms with Gasteiger partial charge in [0.15, 0.2) is 0 Å². The van der Waals surface area contributed by atoms with Crippen LogP contribution in [0.3, 0.4) is 0 Å². The fourth-order valence-corrected chi connectivity index (χ4v) is 6.14. The van der Waals surface area contributed by atoms with E-state index in [0.717, 1.165) is 6.42 Å². The maximum Gasteiger partial charge on any atom is 0.311 e. The molecule has 2 fully saturated rings. The summed E-state index contributed by atoms with van der Waals surface area (Å²) < 4.78 is 28.7. The largest absolute Gasteiger partial charge is 0.459 e. The number of nitrogens with zero attached hydrogens (tertiary/aromatic N) is 1. The second-order valence-electron chi connectivity index (χ2n) is 13.4. The highest BCUT2D eigenvalue weighted by molar-refractivity contribution is 5.88. The summed E-state index contributed by atoms with van der Waals surface area (Å²) in [5.74, 6) is 2.11. The molecule has 2 saturated heterocycles. The number of ether oxygens (including phenoxy) is 3. The van der Waals surface area contributed by atoms with E-state index in [1.807, 2.05) is 27.7 Å². The number of carbonyl (C=O) groups is 1. The molecule has 270 valence electrons. The highest BCUT2D eigenvalue weighted by atomic mass is 19.1. The molecule has 2 aliphatic heterocycles. The first-order valence-electron chi connectivity index (χ1n) is 16.2. The summed E-state index contributed by atoms with van der Waals surface area (Å²) in [5, 5.41) is 57.2. The summed E-state index contributed by atoms with van der Waals surface area (Å²) in [5.41, 5.74) is -3.26. The van der Waals surface area contributed by atoms with Crippen LogP contribution >= 0.6 is 0 Å². The minimum Gasteiger partial charge on any atom is -0.459 e. The summed E-state index contributed by atoms with van der Waals surface area (Å²) in [6.45, 7) is 18.2. The van der Waals surface area contributed by atoms with Crippen LogP contribution < -0.4 is 0 Å². The normalized spacial score (nSPS) is 41.7. The Labute approximate surface area is 275 Å². The first kappa shape index (κ1) is 44.1. The van der Waals surface area contributed by atoms with Gasteiger partial charge in [0.25, 0.3) is 6.86 Å². The number of rotatable bonds is 4. The summed E-state index contributed by atoms with van der Waals surface area (Å²) in [7, 11) is 1.63. The molecule has 0 spiro atoms. The molecule has 0 aromatic rings. The predicted octanol–water partition coefficient (Wildman–Crippen LogP) is 3.76. The van der Waals surface area contributed by atoms with Crippen molar-refractivity contribution in [1.29, 1.82) is 0 Å². The van der Waals surface area contributed by atoms with Crippen LogP contribution in [-0.4, -0.2) is 105 Å². The summed E-state index contributed by atoms with van der Waals surface area (Å²) >= 11 is 0. The Kier molecular flexibility index (Phi) is 19.0. The number of carbonyl (C=O) groups excluding carboxylic acids is 1. The Hall–Kier alpha value is -1.85. The van der Waals surface area contributed by atoms with Crippen molar-refractivity contribution >= 4 is 11.7 Å². The molecule has 12 heteroatoms. The molecule has 4 unspecified atom stereocenters. The van der Waals surface area contributed by atoms with Gasteiger partial charge in [0.2, 0.25) is 0 Å². The van der Waals surface area contributed by atoms with Crippen molar-refractivity contribution in [3.63, 3.8) is 0 Å². The number of halogens is 1. The van der Waals surface area contributed by atoms with E-state index in [9.17, 15) is 34.7 Å². The fourth-order valence-electron chi connectivity index (χ4n) is 6.14. The van der Waals surface area contributed by atoms with Crippen LogP contribution in [0.2, 0.25) is 0 Å². The lowest BCUT2D eigenvalue weighted by molar-refractivity contribution is -0.189. The molecule has 2 heterocycles. The summed E-state index contributed by atoms with van der Waals surface area (Å²) in [4.78, 5) is 17.3. The van der Waals surface area contributed by atoms with Crippen molar-refractivity contribution in [2.24, 2.45) is 28.8 Å². The molecule has 0 aromatic heterocycles. The Morgan fingerprint density at radius 3 is 2.00 bits per heavy atom. The van der Waals surface area contributed by atoms with Crippen molar-refractivity contribution in [1.82, 2.24) is 0 Å². The lowest BCUT2D eigenvalue weighted by atomic mass is 9.75. The zero-order valence-electron chi connectivity index (χ0n) is 30.0. The number of aliphatic hydroxyl groups is 5. The molecule has 0 aliphatic carbocycles. The predicted molar refractivity (Wildman–Crippen MR) is 174 cm³/mol. The monoisotopic (exact) mass is 663 g/mol. The molecule has 5 N–H and O–H groups in total. The number of aliphatic hydroxyl groups excluding tert-OH is 3. The van der Waals surface area contributed by atoms with E-state index in [1.165, 1.54) is 13.8 Å². The van der Waals surface area contributed by atoms with Gasteiger partial charge in [-0.15, -0.1) is 11.8 Å². The molecule has 0 aromatic carbocycles. The van der Waals surface area contributed by atoms with Gasteiger partial charge in [-0.2, -0.15) is 0 Å². The SMILES string of the molecule is CC#CC.CC[C@H]1OC(=O)C(C)[C@@H](O)[C@H](C)C[C@](C)(O)C[C@@H](C)/C(=N\OCF)C(C)C(O)[C@]1(C)O.CO[C@]1(C)CCOC(C)[C@@H]1O. The summed E-state index contributed by atoms with van der Waals surface area (Å²) in [6, 6.07) is 0. The van der Waals surface area contributed by atoms with Crippen molar-refractivity contribution < 1.29 is 53.8 Å². The van der Waals surface area contributed by atoms with E-state index in [2.05, 4.69) is 21.8 Å². The lowest BCUT2D eigenvalue weighted by Crippen LogP contribution is -2.56. The van der Waals surface area contributed by atoms with Crippen LogP contribution in [0.1, 0.15) is 102 Å². The lowest BCUT2D eigenvalue weighted by Gasteiger charge is -2.41. The topological polar surface area (TPSA) is 167 Å². The minimum absolute atomic E-state index is 0.117. The molecular formula is C34H62FNO10. The van der Waals surface area contributed by atoms with E-state index in [-0.39, 0.29) is 31.1 Å². The maximum atomic E-state index is 12.7. The first-order chi connectivity index (χ1) is 21.2. The van der Waals surface area contributed by atoms with Gasteiger partial charge in [-0.1, -0.05) is 32.9 Å². The minimum atomic E-state index is -1.86. The molecule has 2 aliphatic rings. The van der Waals surface area contributed by atoms with E-state index in [4.69, 9.17) is 14.2 Å². The fraction of sp³-hybridized carbons (Fsp3) is 0.882. The van der Waals surface area contributed by atoms with Crippen LogP contribution in [0, 0.1) is 35.5 Å². The Morgan fingerprint density at radius 1 is 0.978 bits per heavy atom. The molecule has 2 rings (SSSR count). The number of oxime groups is 1. The van der Waals surface area contributed by atoms with Crippen LogP contribution in [0.4, 0.5) is 4.39 Å². The van der Waals surface area contributed by atoms with Crippen LogP contribution in [-0.2, 0) is 23.8 Å². The zero-order chi connectivity index (χ0) is 36.0. The van der Waals surface area contributed by atoms with Crippen LogP contribution in [0.15, 0.2) is 5.16 Å². The smallest absolute Gasteiger partial charge is 0.311 e. The van der Waals surface area contributed by atoms with Crippen molar-refractivity contribution in [2.75, 3.05) is 20.6 Å². The van der Waals surface area contributed by atoms with Gasteiger partial charge in [-0.05, 0) is 73.6 Å². The molecule has 12 atom stereocenters. The average Bonchev–Trinajstić information content (AvgIpc) is 3.00. The van der Waals surface area contributed by atoms with Gasteiger partial charge in [0.05, 0.1) is 41.1 Å². The zero-order valence-corrected chi connectivity index (χ0v) is 30.0. The van der Waals surface area contributed by atoms with Gasteiger partial charge in [-0.25, -0.2) is 4.39 Å². The Morgan fingerprint density at radius 2 is 1.54 bits per heavy atom. The van der Waals surface area contributed by atoms with Crippen molar-refractivity contribution in [3.8, 4) is 11.8 Å². The van der Waals surface area contributed by atoms with Gasteiger partial charge in [0, 0.05) is 32.0 Å². The molecule has 0 amide bonds. The van der Waals surface area contributed by atoms with E-state index >= 15 is 0 Å². The maximum absolute atomic E-state index is 12.7. The van der Waals surface area contributed by atoms with Crippen molar-refractivity contribution in [3.05, 3.63) is 0 Å². The Bertz CT molecular complexity index is 990. The van der Waals surface area contributed by atoms with E-state index in [1.54, 1.807) is 41.7 Å². The quantitative estimate of drug-likeness (QED) is 0.170. The molecule has 0 bridgehead atoms. The highest BCUT2D eigenvalue weighted by Gasteiger charge is 2.47. The van der Waals surface area contributed by atoms with Crippen LogP contribution in [0.25, 0.3) is 0 Å². The van der Waals surface area contributed by atoms with Gasteiger partial charge in [0.1, 0.15) is 17.8 Å². The number of methoxy groups -OCH3 is 1. The molecule has 46 heavy (non-hydrogen) atoms. The second kappa shape index (κ2) is 19.8. The molecule has 11 nitrogen and oxygen atoms in total. The number of cyclic esters (lactones) is 1. The number of esters is 1. The van der Waals surface area contributed by atoms with E-state index < -0.39 is 77.7 Å². The number of hydrogen-bond acceptors (Lipinski definition) is 11. The molecular weight excluding hydrogens is 601 g/mol. The average molecular weight is 664 g/mol. The Balaban J connectivity index is 0.00000110. The van der Waals surface area contributed by atoms with Gasteiger partial charge in [-0.3, -0.25) is 4.79 Å². The third-order valence-electron chi connectivity index (χ3n) is 9.28. The number of hydrogen-bond donors (Lipinski definition) is 5. The van der Waals surface area contributed by atoms with Crippen LogP contribution in [0.5, 0.6) is 0 Å². The molecule has 0 radical (unpaired) electrons. The first-order valence-corrected chi connectivity index (χ1v) is 16.2. The highest BCUT2D eigenvalue weighted by Crippen LogP contribution is 2.34. The molecule has 0 saturated carbocycles. The summed E-state index contributed by atoms with van der Waals surface area (Å²) in [6.07, 6.45) is -2.82. The van der Waals surface area contributed by atoms with E-state index in [0.29, 0.717) is 6.61 Å². The van der Waals surface area contributed by atoms with Gasteiger partial charge >= 0.3 is 5.97 Å². The third-order valence-corrected chi connectivity index (χ3v) is 9.28. The third kappa shape index (κ3) is 12.6.